The molecule has 0 N–H and O–H groups in total. The van der Waals surface area contributed by atoms with E-state index in [2.05, 4.69) is 270 Å². The third-order valence-electron chi connectivity index (χ3n) is 14.1. The molecule has 2 nitrogen and oxygen atoms in total. The molecule has 0 saturated heterocycles. The Balaban J connectivity index is 0.901. The van der Waals surface area contributed by atoms with E-state index in [1.807, 2.05) is 0 Å². The van der Waals surface area contributed by atoms with Crippen LogP contribution >= 0.6 is 0 Å². The Bertz CT molecular complexity index is 3850. The first-order valence-electron chi connectivity index (χ1n) is 23.7. The van der Waals surface area contributed by atoms with E-state index in [0.717, 1.165) is 23.5 Å². The Morgan fingerprint density at radius 1 is 0.368 bits per heavy atom. The summed E-state index contributed by atoms with van der Waals surface area (Å²) < 4.78 is 2.52. The van der Waals surface area contributed by atoms with Crippen molar-refractivity contribution in [1.29, 1.82) is 0 Å². The highest BCUT2D eigenvalue weighted by atomic mass is 15.1. The molecule has 1 heterocycles. The van der Waals surface area contributed by atoms with Crippen molar-refractivity contribution in [2.45, 2.75) is 12.3 Å². The number of para-hydroxylation sites is 1. The molecule has 1 aliphatic rings. The van der Waals surface area contributed by atoms with Crippen LogP contribution in [0.3, 0.4) is 0 Å². The Morgan fingerprint density at radius 3 is 1.65 bits per heavy atom. The van der Waals surface area contributed by atoms with Crippen molar-refractivity contribution in [2.24, 2.45) is 0 Å². The molecule has 13 rings (SSSR count). The number of nitrogens with zero attached hydrogens (tertiary/aromatic N) is 2. The number of rotatable bonds is 8. The molecule has 1 atom stereocenters. The van der Waals surface area contributed by atoms with Crippen LogP contribution in [-0.4, -0.2) is 4.57 Å². The lowest BCUT2D eigenvalue weighted by atomic mass is 9.83. The zero-order valence-corrected chi connectivity index (χ0v) is 37.5. The largest absolute Gasteiger partial charge is 0.310 e. The van der Waals surface area contributed by atoms with E-state index in [1.165, 1.54) is 99.1 Å². The van der Waals surface area contributed by atoms with Gasteiger partial charge in [0.1, 0.15) is 0 Å². The monoisotopic (exact) mass is 866 g/mol. The first-order chi connectivity index (χ1) is 33.7. The molecule has 0 saturated carbocycles. The van der Waals surface area contributed by atoms with Crippen LogP contribution < -0.4 is 4.90 Å². The fraction of sp³-hybridized carbons (Fsp3) is 0.0303. The van der Waals surface area contributed by atoms with Gasteiger partial charge >= 0.3 is 0 Å². The summed E-state index contributed by atoms with van der Waals surface area (Å²) in [7, 11) is 0. The first-order valence-corrected chi connectivity index (χ1v) is 23.7. The van der Waals surface area contributed by atoms with Crippen LogP contribution in [-0.2, 0) is 0 Å². The summed E-state index contributed by atoms with van der Waals surface area (Å²) in [6, 6.07) is 91.2. The van der Waals surface area contributed by atoms with Gasteiger partial charge in [0.2, 0.25) is 0 Å². The van der Waals surface area contributed by atoms with Gasteiger partial charge in [-0.25, -0.2) is 0 Å². The number of fused-ring (bicyclic) bond motifs is 7. The minimum Gasteiger partial charge on any atom is -0.310 e. The molecule has 1 unspecified atom stereocenters. The summed E-state index contributed by atoms with van der Waals surface area (Å²) >= 11 is 0. The van der Waals surface area contributed by atoms with Crippen molar-refractivity contribution in [3.8, 4) is 39.1 Å². The van der Waals surface area contributed by atoms with E-state index in [4.69, 9.17) is 0 Å². The third-order valence-corrected chi connectivity index (χ3v) is 14.1. The summed E-state index contributed by atoms with van der Waals surface area (Å²) in [5.74, 6) is 0.161. The van der Waals surface area contributed by atoms with Crippen LogP contribution in [0.2, 0.25) is 0 Å². The van der Waals surface area contributed by atoms with Crippen molar-refractivity contribution in [2.75, 3.05) is 4.90 Å². The molecule has 0 spiro atoms. The Morgan fingerprint density at radius 2 is 0.912 bits per heavy atom. The highest BCUT2D eigenvalue weighted by Gasteiger charge is 2.28. The van der Waals surface area contributed by atoms with Crippen molar-refractivity contribution >= 4 is 66.4 Å². The van der Waals surface area contributed by atoms with Gasteiger partial charge in [0.05, 0.1) is 16.9 Å². The molecule has 68 heavy (non-hydrogen) atoms. The number of anilines is 3. The molecule has 0 radical (unpaired) electrons. The molecule has 0 aliphatic heterocycles. The van der Waals surface area contributed by atoms with Gasteiger partial charge in [0.15, 0.2) is 0 Å². The standard InChI is InChI=1S/C66H46N2/c1-2-15-45(16-3-1)47-35-39-53(40-36-47)67(54-41-37-48(38-42-54)46-31-33-50(34-32-46)57-27-13-19-49-17-4-6-22-56(49)57)55-21-12-20-51(43-55)59-28-14-30-64-66(59)62-26-10-11-29-63(62)68(64)65-44-52-18-5-7-23-58(52)60-24-8-9-25-61(60)65/h1-27,29-44,59H,28H2. The normalized spacial score (nSPS) is 13.3. The summed E-state index contributed by atoms with van der Waals surface area (Å²) in [5.41, 5.74) is 17.0. The van der Waals surface area contributed by atoms with Crippen LogP contribution in [0.15, 0.2) is 255 Å². The molecule has 1 aliphatic carbocycles. The molecule has 0 fully saturated rings. The van der Waals surface area contributed by atoms with E-state index in [-0.39, 0.29) is 5.92 Å². The van der Waals surface area contributed by atoms with Crippen molar-refractivity contribution < 1.29 is 0 Å². The van der Waals surface area contributed by atoms with E-state index >= 15 is 0 Å². The Labute approximate surface area is 397 Å². The van der Waals surface area contributed by atoms with Gasteiger partial charge in [-0.2, -0.15) is 0 Å². The zero-order valence-electron chi connectivity index (χ0n) is 37.5. The van der Waals surface area contributed by atoms with Gasteiger partial charge in [-0.05, 0) is 132 Å². The molecule has 0 amide bonds. The summed E-state index contributed by atoms with van der Waals surface area (Å²) in [6.07, 6.45) is 5.66. The van der Waals surface area contributed by atoms with Crippen LogP contribution in [0.5, 0.6) is 0 Å². The van der Waals surface area contributed by atoms with Crippen LogP contribution in [0.4, 0.5) is 17.1 Å². The second-order valence-corrected chi connectivity index (χ2v) is 18.0. The van der Waals surface area contributed by atoms with Crippen molar-refractivity contribution in [3.63, 3.8) is 0 Å². The fourth-order valence-electron chi connectivity index (χ4n) is 10.9. The summed E-state index contributed by atoms with van der Waals surface area (Å²) in [6.45, 7) is 0. The van der Waals surface area contributed by atoms with E-state index in [1.54, 1.807) is 0 Å². The number of hydrogen-bond donors (Lipinski definition) is 0. The first kappa shape index (κ1) is 39.6. The lowest BCUT2D eigenvalue weighted by Crippen LogP contribution is -2.12. The maximum Gasteiger partial charge on any atom is 0.0546 e. The van der Waals surface area contributed by atoms with Gasteiger partial charge in [-0.3, -0.25) is 0 Å². The summed E-state index contributed by atoms with van der Waals surface area (Å²) in [4.78, 5) is 2.41. The molecule has 1 aromatic heterocycles. The highest BCUT2D eigenvalue weighted by Crippen LogP contribution is 2.46. The molecule has 12 aromatic rings. The van der Waals surface area contributed by atoms with Crippen LogP contribution in [0, 0.1) is 0 Å². The predicted molar refractivity (Wildman–Crippen MR) is 289 cm³/mol. The second-order valence-electron chi connectivity index (χ2n) is 18.0. The average Bonchev–Trinajstić information content (AvgIpc) is 3.76. The fourth-order valence-corrected chi connectivity index (χ4v) is 10.9. The zero-order chi connectivity index (χ0) is 45.0. The molecular formula is C66H46N2. The third kappa shape index (κ3) is 6.81. The number of benzene rings is 11. The quantitative estimate of drug-likeness (QED) is 0.138. The number of hydrogen-bond acceptors (Lipinski definition) is 1. The second kappa shape index (κ2) is 16.6. The highest BCUT2D eigenvalue weighted by molar-refractivity contribution is 6.12. The summed E-state index contributed by atoms with van der Waals surface area (Å²) in [5, 5.41) is 8.89. The van der Waals surface area contributed by atoms with Crippen LogP contribution in [0.1, 0.15) is 29.2 Å². The smallest absolute Gasteiger partial charge is 0.0546 e. The lowest BCUT2D eigenvalue weighted by Gasteiger charge is -2.28. The topological polar surface area (TPSA) is 8.17 Å². The van der Waals surface area contributed by atoms with Crippen LogP contribution in [0.25, 0.3) is 88.4 Å². The van der Waals surface area contributed by atoms with Crippen molar-refractivity contribution in [3.05, 3.63) is 272 Å². The SMILES string of the molecule is C1=Cc2c(c3ccccc3n2-c2cc3ccccc3c3ccccc23)C(c2cccc(N(c3ccc(-c4ccccc4)cc3)c3ccc(-c4ccc(-c5cccc6ccccc56)cc4)cc3)c2)C1. The lowest BCUT2D eigenvalue weighted by molar-refractivity contribution is 0.819. The Kier molecular flexibility index (Phi) is 9.68. The Hall–Kier alpha value is -8.72. The van der Waals surface area contributed by atoms with Crippen molar-refractivity contribution in [1.82, 2.24) is 4.57 Å². The predicted octanol–water partition coefficient (Wildman–Crippen LogP) is 18.1. The van der Waals surface area contributed by atoms with Gasteiger partial charge < -0.3 is 9.47 Å². The molecule has 11 aromatic carbocycles. The number of aromatic nitrogens is 1. The van der Waals surface area contributed by atoms with E-state index < -0.39 is 0 Å². The van der Waals surface area contributed by atoms with Gasteiger partial charge in [-0.15, -0.1) is 0 Å². The number of allylic oxidation sites excluding steroid dienone is 1. The van der Waals surface area contributed by atoms with Gasteiger partial charge in [-0.1, -0.05) is 206 Å². The molecular weight excluding hydrogens is 821 g/mol. The molecule has 0 bridgehead atoms. The maximum atomic E-state index is 2.52. The van der Waals surface area contributed by atoms with Gasteiger partial charge in [0, 0.05) is 33.8 Å². The molecule has 320 valence electrons. The maximum absolute atomic E-state index is 2.52. The minimum absolute atomic E-state index is 0.161. The minimum atomic E-state index is 0.161. The van der Waals surface area contributed by atoms with Gasteiger partial charge in [0.25, 0.3) is 0 Å². The average molecular weight is 867 g/mol. The molecule has 2 heteroatoms. The van der Waals surface area contributed by atoms with E-state index in [0.29, 0.717) is 0 Å². The van der Waals surface area contributed by atoms with E-state index in [9.17, 15) is 0 Å².